The maximum absolute atomic E-state index is 4.43. The third-order valence-electron chi connectivity index (χ3n) is 3.38. The molecule has 2 heterocycles. The summed E-state index contributed by atoms with van der Waals surface area (Å²) in [6, 6.07) is 8.17. The topological polar surface area (TPSA) is 41.1 Å². The van der Waals surface area contributed by atoms with Crippen LogP contribution in [0.2, 0.25) is 0 Å². The predicted octanol–water partition coefficient (Wildman–Crippen LogP) is 2.92. The Morgan fingerprint density at radius 2 is 2.10 bits per heavy atom. The molecule has 0 spiro atoms. The minimum Gasteiger partial charge on any atom is -0.368 e. The van der Waals surface area contributed by atoms with Gasteiger partial charge in [0.25, 0.3) is 0 Å². The minimum absolute atomic E-state index is 0.797. The van der Waals surface area contributed by atoms with Crippen LogP contribution in [0.1, 0.15) is 30.3 Å². The van der Waals surface area contributed by atoms with E-state index in [9.17, 15) is 0 Å². The van der Waals surface area contributed by atoms with Gasteiger partial charge in [0.05, 0.1) is 12.2 Å². The molecule has 1 N–H and O–H groups in total. The fraction of sp³-hybridized carbons (Fsp3) is 0.412. The summed E-state index contributed by atoms with van der Waals surface area (Å²) < 4.78 is 0. The summed E-state index contributed by atoms with van der Waals surface area (Å²) in [5.74, 6) is 0. The van der Waals surface area contributed by atoms with Crippen molar-refractivity contribution in [3.05, 3.63) is 53.6 Å². The van der Waals surface area contributed by atoms with Crippen LogP contribution in [0.3, 0.4) is 0 Å². The molecule has 2 rings (SSSR count). The Labute approximate surface area is 127 Å². The fourth-order valence-corrected chi connectivity index (χ4v) is 2.28. The van der Waals surface area contributed by atoms with Crippen LogP contribution in [-0.4, -0.2) is 23.6 Å². The summed E-state index contributed by atoms with van der Waals surface area (Å²) in [5, 5.41) is 3.45. The van der Waals surface area contributed by atoms with Crippen molar-refractivity contribution in [1.82, 2.24) is 15.3 Å². The van der Waals surface area contributed by atoms with Crippen molar-refractivity contribution >= 4 is 5.69 Å². The van der Waals surface area contributed by atoms with Crippen LogP contribution < -0.4 is 10.2 Å². The lowest BCUT2D eigenvalue weighted by Crippen LogP contribution is -2.22. The van der Waals surface area contributed by atoms with Gasteiger partial charge in [-0.25, -0.2) is 0 Å². The fourth-order valence-electron chi connectivity index (χ4n) is 2.28. The quantitative estimate of drug-likeness (QED) is 0.794. The Balaban J connectivity index is 2.14. The average Bonchev–Trinajstić information content (AvgIpc) is 2.50. The smallest absolute Gasteiger partial charge is 0.0598 e. The van der Waals surface area contributed by atoms with Crippen LogP contribution in [0.5, 0.6) is 0 Å². The van der Waals surface area contributed by atoms with Crippen molar-refractivity contribution in [2.75, 3.05) is 18.5 Å². The first-order valence-corrected chi connectivity index (χ1v) is 7.48. The summed E-state index contributed by atoms with van der Waals surface area (Å²) in [6.45, 7) is 6.88. The highest BCUT2D eigenvalue weighted by atomic mass is 15.1. The second-order valence-corrected chi connectivity index (χ2v) is 5.31. The Morgan fingerprint density at radius 3 is 2.81 bits per heavy atom. The Hall–Kier alpha value is -1.94. The first-order chi connectivity index (χ1) is 10.2. The van der Waals surface area contributed by atoms with E-state index in [1.165, 1.54) is 11.3 Å². The van der Waals surface area contributed by atoms with E-state index in [0.717, 1.165) is 37.4 Å². The number of nitrogens with zero attached hydrogens (tertiary/aromatic N) is 3. The molecule has 0 fully saturated rings. The monoisotopic (exact) mass is 284 g/mol. The SMILES string of the molecule is CCCNCc1cnc(C)cc1N(C)Cc1ccccn1. The highest BCUT2D eigenvalue weighted by Crippen LogP contribution is 2.21. The molecule has 0 radical (unpaired) electrons. The highest BCUT2D eigenvalue weighted by Gasteiger charge is 2.09. The van der Waals surface area contributed by atoms with Crippen molar-refractivity contribution < 1.29 is 0 Å². The molecule has 0 aliphatic heterocycles. The molecule has 0 bridgehead atoms. The molecule has 0 atom stereocenters. The van der Waals surface area contributed by atoms with Crippen LogP contribution in [0.25, 0.3) is 0 Å². The minimum atomic E-state index is 0.797. The van der Waals surface area contributed by atoms with Crippen LogP contribution in [0.4, 0.5) is 5.69 Å². The second kappa shape index (κ2) is 7.74. The summed E-state index contributed by atoms with van der Waals surface area (Å²) >= 11 is 0. The van der Waals surface area contributed by atoms with Gasteiger partial charge in [-0.2, -0.15) is 0 Å². The van der Waals surface area contributed by atoms with Crippen molar-refractivity contribution in [1.29, 1.82) is 0 Å². The molecular formula is C17H24N4. The van der Waals surface area contributed by atoms with Crippen LogP contribution in [-0.2, 0) is 13.1 Å². The number of aryl methyl sites for hydroxylation is 1. The second-order valence-electron chi connectivity index (χ2n) is 5.31. The molecule has 4 nitrogen and oxygen atoms in total. The Morgan fingerprint density at radius 1 is 1.24 bits per heavy atom. The van der Waals surface area contributed by atoms with Gasteiger partial charge in [-0.05, 0) is 38.1 Å². The van der Waals surface area contributed by atoms with E-state index in [0.29, 0.717) is 0 Å². The van der Waals surface area contributed by atoms with Gasteiger partial charge in [-0.15, -0.1) is 0 Å². The normalized spacial score (nSPS) is 10.6. The highest BCUT2D eigenvalue weighted by molar-refractivity contribution is 5.53. The third-order valence-corrected chi connectivity index (χ3v) is 3.38. The molecule has 21 heavy (non-hydrogen) atoms. The van der Waals surface area contributed by atoms with Gasteiger partial charge < -0.3 is 10.2 Å². The summed E-state index contributed by atoms with van der Waals surface area (Å²) in [4.78, 5) is 11.1. The van der Waals surface area contributed by atoms with E-state index < -0.39 is 0 Å². The molecule has 0 aliphatic carbocycles. The van der Waals surface area contributed by atoms with E-state index in [2.05, 4.69) is 46.3 Å². The molecular weight excluding hydrogens is 260 g/mol. The average molecular weight is 284 g/mol. The first-order valence-electron chi connectivity index (χ1n) is 7.48. The van der Waals surface area contributed by atoms with E-state index >= 15 is 0 Å². The van der Waals surface area contributed by atoms with E-state index in [4.69, 9.17) is 0 Å². The van der Waals surface area contributed by atoms with Crippen molar-refractivity contribution in [2.45, 2.75) is 33.4 Å². The Kier molecular flexibility index (Phi) is 5.69. The zero-order valence-corrected chi connectivity index (χ0v) is 13.1. The van der Waals surface area contributed by atoms with Gasteiger partial charge in [0.2, 0.25) is 0 Å². The van der Waals surface area contributed by atoms with Gasteiger partial charge in [0.1, 0.15) is 0 Å². The van der Waals surface area contributed by atoms with E-state index in [-0.39, 0.29) is 0 Å². The number of nitrogens with one attached hydrogen (secondary N) is 1. The van der Waals surface area contributed by atoms with E-state index in [1.807, 2.05) is 31.5 Å². The van der Waals surface area contributed by atoms with Gasteiger partial charge in [0.15, 0.2) is 0 Å². The molecule has 0 aliphatic rings. The molecule has 4 heteroatoms. The third kappa shape index (κ3) is 4.53. The molecule has 2 aromatic rings. The van der Waals surface area contributed by atoms with Crippen molar-refractivity contribution in [2.24, 2.45) is 0 Å². The summed E-state index contributed by atoms with van der Waals surface area (Å²) in [5.41, 5.74) is 4.56. The number of rotatable bonds is 7. The number of aromatic nitrogens is 2. The summed E-state index contributed by atoms with van der Waals surface area (Å²) in [7, 11) is 2.10. The van der Waals surface area contributed by atoms with E-state index in [1.54, 1.807) is 0 Å². The summed E-state index contributed by atoms with van der Waals surface area (Å²) in [6.07, 6.45) is 4.95. The largest absolute Gasteiger partial charge is 0.368 e. The van der Waals surface area contributed by atoms with Crippen molar-refractivity contribution in [3.63, 3.8) is 0 Å². The van der Waals surface area contributed by atoms with Gasteiger partial charge in [-0.3, -0.25) is 9.97 Å². The maximum Gasteiger partial charge on any atom is 0.0598 e. The zero-order chi connectivity index (χ0) is 15.1. The molecule has 2 aromatic heterocycles. The van der Waals surface area contributed by atoms with Crippen LogP contribution in [0, 0.1) is 6.92 Å². The van der Waals surface area contributed by atoms with Crippen molar-refractivity contribution in [3.8, 4) is 0 Å². The molecule has 0 saturated heterocycles. The standard InChI is InChI=1S/C17H24N4/c1-4-8-18-11-15-12-20-14(2)10-17(15)21(3)13-16-7-5-6-9-19-16/h5-7,9-10,12,18H,4,8,11,13H2,1-3H3. The lowest BCUT2D eigenvalue weighted by molar-refractivity contribution is 0.671. The molecule has 0 amide bonds. The molecule has 0 unspecified atom stereocenters. The van der Waals surface area contributed by atoms with Gasteiger partial charge >= 0.3 is 0 Å². The number of hydrogen-bond acceptors (Lipinski definition) is 4. The Bertz CT molecular complexity index is 554. The number of pyridine rings is 2. The molecule has 0 saturated carbocycles. The number of hydrogen-bond donors (Lipinski definition) is 1. The lowest BCUT2D eigenvalue weighted by Gasteiger charge is -2.22. The zero-order valence-electron chi connectivity index (χ0n) is 13.1. The molecule has 0 aromatic carbocycles. The lowest BCUT2D eigenvalue weighted by atomic mass is 10.1. The first kappa shape index (κ1) is 15.4. The number of anilines is 1. The van der Waals surface area contributed by atoms with Crippen LogP contribution in [0.15, 0.2) is 36.7 Å². The maximum atomic E-state index is 4.43. The predicted molar refractivity (Wildman–Crippen MR) is 87.3 cm³/mol. The molecule has 112 valence electrons. The van der Waals surface area contributed by atoms with Gasteiger partial charge in [0, 0.05) is 42.9 Å². The van der Waals surface area contributed by atoms with Crippen LogP contribution >= 0.6 is 0 Å². The van der Waals surface area contributed by atoms with Gasteiger partial charge in [-0.1, -0.05) is 13.0 Å².